The summed E-state index contributed by atoms with van der Waals surface area (Å²) in [5, 5.41) is 50.6. The standard InChI is InChI=1S/C34H48O10/c1-17-13-25(43-31(41)21(17)16-42-32-30(40)29(39)28(38)26(15-36)44-32)20(14-35)23-10-9-22-19-8-7-18-5-4-6-27(37)34(18,3)24(19)11-12-33(22,23)2/h4,6-7,19-20,22-26,28-30,32,35-36,38-40H,5,8-16H2,1-3H3. The van der Waals surface area contributed by atoms with Crippen LogP contribution >= 0.6 is 0 Å². The van der Waals surface area contributed by atoms with Gasteiger partial charge in [-0.1, -0.05) is 30.2 Å². The molecule has 0 aromatic rings. The van der Waals surface area contributed by atoms with Crippen molar-refractivity contribution >= 4 is 11.8 Å². The highest BCUT2D eigenvalue weighted by atomic mass is 16.7. The van der Waals surface area contributed by atoms with Crippen LogP contribution in [-0.4, -0.2) is 93.9 Å². The minimum atomic E-state index is -1.57. The zero-order chi connectivity index (χ0) is 31.6. The van der Waals surface area contributed by atoms with Crippen LogP contribution in [-0.2, 0) is 23.8 Å². The fourth-order valence-electron chi connectivity index (χ4n) is 10.1. The van der Waals surface area contributed by atoms with Crippen molar-refractivity contribution in [3.05, 3.63) is 34.9 Å². The topological polar surface area (TPSA) is 163 Å². The van der Waals surface area contributed by atoms with Gasteiger partial charge in [-0.15, -0.1) is 0 Å². The lowest BCUT2D eigenvalue weighted by Crippen LogP contribution is -2.59. The number of rotatable bonds is 7. The van der Waals surface area contributed by atoms with Crippen molar-refractivity contribution in [1.29, 1.82) is 0 Å². The lowest BCUT2D eigenvalue weighted by atomic mass is 9.47. The molecule has 10 nitrogen and oxygen atoms in total. The molecule has 3 fully saturated rings. The lowest BCUT2D eigenvalue weighted by molar-refractivity contribution is -0.299. The highest BCUT2D eigenvalue weighted by Gasteiger charge is 2.61. The lowest BCUT2D eigenvalue weighted by Gasteiger charge is -2.57. The van der Waals surface area contributed by atoms with Gasteiger partial charge < -0.3 is 39.7 Å². The number of carbonyl (C=O) groups excluding carboxylic acids is 2. The molecule has 2 aliphatic heterocycles. The predicted octanol–water partition coefficient (Wildman–Crippen LogP) is 1.97. The SMILES string of the molecule is CC1=C(COC2OC(CO)C(O)C(O)C2O)C(=O)OC(C(CO)C2CCC3C4CC=C5CC=CC(=O)C5(C)C4CCC23C)C1. The van der Waals surface area contributed by atoms with E-state index < -0.39 is 54.8 Å². The summed E-state index contributed by atoms with van der Waals surface area (Å²) >= 11 is 0. The quantitative estimate of drug-likeness (QED) is 0.211. The molecular weight excluding hydrogens is 568 g/mol. The number of ether oxygens (including phenoxy) is 3. The summed E-state index contributed by atoms with van der Waals surface area (Å²) in [7, 11) is 0. The average Bonchev–Trinajstić information content (AvgIpc) is 3.34. The summed E-state index contributed by atoms with van der Waals surface area (Å²) in [4.78, 5) is 26.5. The van der Waals surface area contributed by atoms with Crippen molar-refractivity contribution in [3.63, 3.8) is 0 Å². The first-order chi connectivity index (χ1) is 20.9. The van der Waals surface area contributed by atoms with Crippen molar-refractivity contribution in [2.45, 2.75) is 103 Å². The summed E-state index contributed by atoms with van der Waals surface area (Å²) in [6.45, 7) is 5.44. The van der Waals surface area contributed by atoms with Gasteiger partial charge in [0.1, 0.15) is 30.5 Å². The third kappa shape index (κ3) is 4.96. The molecular formula is C34H48O10. The molecule has 13 unspecified atom stereocenters. The van der Waals surface area contributed by atoms with Crippen molar-refractivity contribution in [2.24, 2.45) is 40.4 Å². The smallest absolute Gasteiger partial charge is 0.336 e. The molecule has 5 N–H and O–H groups in total. The van der Waals surface area contributed by atoms with E-state index in [0.717, 1.165) is 44.1 Å². The summed E-state index contributed by atoms with van der Waals surface area (Å²) < 4.78 is 17.0. The van der Waals surface area contributed by atoms with Crippen LogP contribution in [0.5, 0.6) is 0 Å². The summed E-state index contributed by atoms with van der Waals surface area (Å²) in [5.74, 6) is 0.823. The van der Waals surface area contributed by atoms with Crippen LogP contribution in [0, 0.1) is 40.4 Å². The molecule has 6 rings (SSSR count). The number of hydrogen-bond acceptors (Lipinski definition) is 10. The molecule has 2 saturated carbocycles. The summed E-state index contributed by atoms with van der Waals surface area (Å²) in [6, 6.07) is 0. The molecule has 244 valence electrons. The van der Waals surface area contributed by atoms with Crippen LogP contribution in [0.1, 0.15) is 65.7 Å². The molecule has 6 aliphatic rings. The van der Waals surface area contributed by atoms with Gasteiger partial charge in [-0.05, 0) is 87.5 Å². The Morgan fingerprint density at radius 3 is 2.52 bits per heavy atom. The Hall–Kier alpha value is -1.92. The van der Waals surface area contributed by atoms with Gasteiger partial charge in [-0.3, -0.25) is 4.79 Å². The normalized spacial score (nSPS) is 46.1. The molecule has 0 aromatic carbocycles. The molecule has 0 aromatic heterocycles. The van der Waals surface area contributed by atoms with Crippen LogP contribution in [0.4, 0.5) is 0 Å². The van der Waals surface area contributed by atoms with E-state index in [1.54, 1.807) is 6.08 Å². The van der Waals surface area contributed by atoms with Crippen LogP contribution < -0.4 is 0 Å². The highest BCUT2D eigenvalue weighted by molar-refractivity contribution is 5.98. The van der Waals surface area contributed by atoms with Gasteiger partial charge >= 0.3 is 5.97 Å². The molecule has 0 radical (unpaired) electrons. The zero-order valence-corrected chi connectivity index (χ0v) is 25.9. The van der Waals surface area contributed by atoms with E-state index in [0.29, 0.717) is 24.2 Å². The van der Waals surface area contributed by atoms with Crippen LogP contribution in [0.2, 0.25) is 0 Å². The molecule has 4 aliphatic carbocycles. The van der Waals surface area contributed by atoms with Gasteiger partial charge in [0.15, 0.2) is 12.1 Å². The Kier molecular flexibility index (Phi) is 8.76. The minimum absolute atomic E-state index is 0.0274. The zero-order valence-electron chi connectivity index (χ0n) is 25.9. The molecule has 0 bridgehead atoms. The number of esters is 1. The van der Waals surface area contributed by atoms with Crippen LogP contribution in [0.25, 0.3) is 0 Å². The average molecular weight is 617 g/mol. The molecule has 0 spiro atoms. The Balaban J connectivity index is 1.15. The van der Waals surface area contributed by atoms with Gasteiger partial charge in [0.2, 0.25) is 0 Å². The van der Waals surface area contributed by atoms with E-state index in [4.69, 9.17) is 14.2 Å². The fraction of sp³-hybridized carbons (Fsp3) is 0.765. The van der Waals surface area contributed by atoms with Crippen LogP contribution in [0.15, 0.2) is 34.9 Å². The van der Waals surface area contributed by atoms with Gasteiger partial charge in [-0.2, -0.15) is 0 Å². The van der Waals surface area contributed by atoms with Gasteiger partial charge in [0.05, 0.1) is 24.2 Å². The number of cyclic esters (lactones) is 1. The van der Waals surface area contributed by atoms with Crippen LogP contribution in [0.3, 0.4) is 0 Å². The van der Waals surface area contributed by atoms with Crippen molar-refractivity contribution in [1.82, 2.24) is 0 Å². The molecule has 0 amide bonds. The second kappa shape index (κ2) is 12.0. The highest BCUT2D eigenvalue weighted by Crippen LogP contribution is 2.66. The fourth-order valence-corrected chi connectivity index (χ4v) is 10.1. The number of hydrogen-bond donors (Lipinski definition) is 5. The van der Waals surface area contributed by atoms with Gasteiger partial charge in [0, 0.05) is 18.9 Å². The van der Waals surface area contributed by atoms with Crippen molar-refractivity contribution < 1.29 is 49.3 Å². The number of aliphatic hydroxyl groups excluding tert-OH is 5. The number of allylic oxidation sites excluding steroid dienone is 4. The predicted molar refractivity (Wildman–Crippen MR) is 158 cm³/mol. The maximum atomic E-state index is 13.3. The molecule has 2 heterocycles. The third-order valence-electron chi connectivity index (χ3n) is 12.6. The van der Waals surface area contributed by atoms with E-state index in [2.05, 4.69) is 19.9 Å². The van der Waals surface area contributed by atoms with E-state index in [1.807, 2.05) is 13.0 Å². The first-order valence-corrected chi connectivity index (χ1v) is 16.3. The first kappa shape index (κ1) is 32.0. The molecule has 13 atom stereocenters. The number of aliphatic hydroxyl groups is 5. The maximum absolute atomic E-state index is 13.3. The minimum Gasteiger partial charge on any atom is -0.458 e. The third-order valence-corrected chi connectivity index (χ3v) is 12.6. The van der Waals surface area contributed by atoms with E-state index in [-0.39, 0.29) is 41.8 Å². The van der Waals surface area contributed by atoms with E-state index >= 15 is 0 Å². The Bertz CT molecular complexity index is 1240. The van der Waals surface area contributed by atoms with Gasteiger partial charge in [0.25, 0.3) is 0 Å². The molecule has 1 saturated heterocycles. The Morgan fingerprint density at radius 1 is 1.05 bits per heavy atom. The second-order valence-electron chi connectivity index (χ2n) is 14.5. The molecule has 44 heavy (non-hydrogen) atoms. The van der Waals surface area contributed by atoms with E-state index in [9.17, 15) is 35.1 Å². The summed E-state index contributed by atoms with van der Waals surface area (Å²) in [6.07, 6.45) is 4.76. The second-order valence-corrected chi connectivity index (χ2v) is 14.5. The maximum Gasteiger partial charge on any atom is 0.336 e. The number of ketones is 1. The Labute approximate surface area is 258 Å². The van der Waals surface area contributed by atoms with Crippen molar-refractivity contribution in [2.75, 3.05) is 19.8 Å². The largest absolute Gasteiger partial charge is 0.458 e. The Morgan fingerprint density at radius 2 is 1.82 bits per heavy atom. The number of carbonyl (C=O) groups is 2. The molecule has 10 heteroatoms. The summed E-state index contributed by atoms with van der Waals surface area (Å²) in [5.41, 5.74) is 1.89. The monoisotopic (exact) mass is 616 g/mol. The number of fused-ring (bicyclic) bond motifs is 5. The first-order valence-electron chi connectivity index (χ1n) is 16.3. The van der Waals surface area contributed by atoms with Gasteiger partial charge in [-0.25, -0.2) is 4.79 Å². The van der Waals surface area contributed by atoms with E-state index in [1.165, 1.54) is 5.57 Å². The van der Waals surface area contributed by atoms with Crippen molar-refractivity contribution in [3.8, 4) is 0 Å².